The fourth-order valence-electron chi connectivity index (χ4n) is 2.40. The lowest BCUT2D eigenvalue weighted by Crippen LogP contribution is -2.06. The minimum Gasteiger partial charge on any atom is -0.313 e. The Morgan fingerprint density at radius 3 is 2.87 bits per heavy atom. The SMILES string of the molecule is Cc1cnn(-c2cc(-c3ccc4nc[nH]c(=O)c4c3)ncn2)c1. The quantitative estimate of drug-likeness (QED) is 0.610. The summed E-state index contributed by atoms with van der Waals surface area (Å²) in [6.45, 7) is 1.97. The number of rotatable bonds is 2. The van der Waals surface area contributed by atoms with Crippen LogP contribution in [-0.4, -0.2) is 29.7 Å². The maximum absolute atomic E-state index is 11.9. The van der Waals surface area contributed by atoms with E-state index in [1.807, 2.05) is 25.3 Å². The van der Waals surface area contributed by atoms with Gasteiger partial charge >= 0.3 is 0 Å². The third-order valence-electron chi connectivity index (χ3n) is 3.54. The van der Waals surface area contributed by atoms with E-state index >= 15 is 0 Å². The summed E-state index contributed by atoms with van der Waals surface area (Å²) < 4.78 is 1.69. The van der Waals surface area contributed by atoms with Crippen molar-refractivity contribution in [3.63, 3.8) is 0 Å². The maximum atomic E-state index is 11.9. The van der Waals surface area contributed by atoms with Crippen molar-refractivity contribution in [2.24, 2.45) is 0 Å². The number of hydrogen-bond acceptors (Lipinski definition) is 5. The lowest BCUT2D eigenvalue weighted by molar-refractivity contribution is 0.840. The first-order valence-electron chi connectivity index (χ1n) is 7.02. The molecule has 0 atom stereocenters. The molecule has 7 nitrogen and oxygen atoms in total. The minimum atomic E-state index is -0.172. The van der Waals surface area contributed by atoms with Crippen molar-refractivity contribution in [3.05, 3.63) is 65.2 Å². The number of benzene rings is 1. The Morgan fingerprint density at radius 2 is 2.04 bits per heavy atom. The van der Waals surface area contributed by atoms with E-state index in [2.05, 4.69) is 25.0 Å². The van der Waals surface area contributed by atoms with Gasteiger partial charge in [-0.05, 0) is 24.6 Å². The average Bonchev–Trinajstić information content (AvgIpc) is 3.02. The molecule has 3 heterocycles. The smallest absolute Gasteiger partial charge is 0.258 e. The van der Waals surface area contributed by atoms with E-state index in [4.69, 9.17) is 0 Å². The summed E-state index contributed by atoms with van der Waals surface area (Å²) in [6, 6.07) is 7.30. The van der Waals surface area contributed by atoms with Crippen LogP contribution in [0.1, 0.15) is 5.56 Å². The number of aromatic nitrogens is 6. The zero-order valence-electron chi connectivity index (χ0n) is 12.3. The third kappa shape index (κ3) is 2.38. The third-order valence-corrected chi connectivity index (χ3v) is 3.54. The van der Waals surface area contributed by atoms with Gasteiger partial charge in [-0.2, -0.15) is 5.10 Å². The molecule has 0 spiro atoms. The summed E-state index contributed by atoms with van der Waals surface area (Å²) in [4.78, 5) is 27.2. The van der Waals surface area contributed by atoms with Crippen molar-refractivity contribution in [2.45, 2.75) is 6.92 Å². The first-order chi connectivity index (χ1) is 11.2. The van der Waals surface area contributed by atoms with E-state index < -0.39 is 0 Å². The summed E-state index contributed by atoms with van der Waals surface area (Å²) in [7, 11) is 0. The van der Waals surface area contributed by atoms with Crippen molar-refractivity contribution in [3.8, 4) is 17.1 Å². The van der Waals surface area contributed by atoms with Crippen molar-refractivity contribution in [1.29, 1.82) is 0 Å². The fourth-order valence-corrected chi connectivity index (χ4v) is 2.40. The molecule has 3 aromatic heterocycles. The van der Waals surface area contributed by atoms with Crippen LogP contribution in [-0.2, 0) is 0 Å². The van der Waals surface area contributed by atoms with E-state index in [9.17, 15) is 4.79 Å². The molecule has 1 N–H and O–H groups in total. The maximum Gasteiger partial charge on any atom is 0.258 e. The molecule has 4 rings (SSSR count). The van der Waals surface area contributed by atoms with Gasteiger partial charge in [-0.1, -0.05) is 6.07 Å². The summed E-state index contributed by atoms with van der Waals surface area (Å²) >= 11 is 0. The van der Waals surface area contributed by atoms with Gasteiger partial charge in [0.1, 0.15) is 6.33 Å². The monoisotopic (exact) mass is 304 g/mol. The molecule has 0 aliphatic carbocycles. The largest absolute Gasteiger partial charge is 0.313 e. The van der Waals surface area contributed by atoms with Gasteiger partial charge in [0.05, 0.1) is 29.1 Å². The van der Waals surface area contributed by atoms with Crippen LogP contribution in [0.4, 0.5) is 0 Å². The van der Waals surface area contributed by atoms with Crippen LogP contribution >= 0.6 is 0 Å². The van der Waals surface area contributed by atoms with Crippen LogP contribution in [0.15, 0.2) is 54.1 Å². The Bertz CT molecular complexity index is 1070. The van der Waals surface area contributed by atoms with Gasteiger partial charge in [-0.25, -0.2) is 19.6 Å². The van der Waals surface area contributed by atoms with Crippen molar-refractivity contribution < 1.29 is 0 Å². The molecule has 0 fully saturated rings. The highest BCUT2D eigenvalue weighted by atomic mass is 16.1. The molecule has 0 radical (unpaired) electrons. The molecular formula is C16H12N6O. The first-order valence-corrected chi connectivity index (χ1v) is 7.02. The molecule has 0 aliphatic heterocycles. The van der Waals surface area contributed by atoms with Gasteiger partial charge in [-0.15, -0.1) is 0 Å². The molecule has 0 amide bonds. The highest BCUT2D eigenvalue weighted by Gasteiger charge is 2.07. The summed E-state index contributed by atoms with van der Waals surface area (Å²) in [6.07, 6.45) is 6.54. The topological polar surface area (TPSA) is 89.4 Å². The number of nitrogens with one attached hydrogen (secondary N) is 1. The first kappa shape index (κ1) is 13.3. The van der Waals surface area contributed by atoms with Crippen LogP contribution in [0.5, 0.6) is 0 Å². The molecule has 112 valence electrons. The standard InChI is InChI=1S/C16H12N6O/c1-10-6-21-22(7-10)15-5-14(18-8-19-15)11-2-3-13-12(4-11)16(23)20-9-17-13/h2-9H,1H3,(H,17,20,23). The van der Waals surface area contributed by atoms with E-state index in [0.717, 1.165) is 11.1 Å². The summed E-state index contributed by atoms with van der Waals surface area (Å²) in [5.74, 6) is 0.670. The van der Waals surface area contributed by atoms with E-state index in [-0.39, 0.29) is 5.56 Å². The highest BCUT2D eigenvalue weighted by molar-refractivity contribution is 5.82. The molecule has 0 saturated carbocycles. The molecule has 0 bridgehead atoms. The van der Waals surface area contributed by atoms with Gasteiger partial charge in [0.25, 0.3) is 5.56 Å². The summed E-state index contributed by atoms with van der Waals surface area (Å²) in [5.41, 5.74) is 3.06. The molecular weight excluding hydrogens is 292 g/mol. The lowest BCUT2D eigenvalue weighted by atomic mass is 10.1. The van der Waals surface area contributed by atoms with Gasteiger partial charge in [0.15, 0.2) is 5.82 Å². The Morgan fingerprint density at radius 1 is 1.13 bits per heavy atom. The number of aromatic amines is 1. The van der Waals surface area contributed by atoms with Crippen LogP contribution in [0.25, 0.3) is 28.0 Å². The Balaban J connectivity index is 1.85. The van der Waals surface area contributed by atoms with Crippen LogP contribution < -0.4 is 5.56 Å². The number of hydrogen-bond donors (Lipinski definition) is 1. The molecule has 1 aromatic carbocycles. The second-order valence-electron chi connectivity index (χ2n) is 5.19. The van der Waals surface area contributed by atoms with E-state index in [1.54, 1.807) is 23.0 Å². The zero-order chi connectivity index (χ0) is 15.8. The highest BCUT2D eigenvalue weighted by Crippen LogP contribution is 2.21. The number of nitrogens with zero attached hydrogens (tertiary/aromatic N) is 5. The predicted molar refractivity (Wildman–Crippen MR) is 85.2 cm³/mol. The van der Waals surface area contributed by atoms with Crippen molar-refractivity contribution in [1.82, 2.24) is 29.7 Å². The van der Waals surface area contributed by atoms with Crippen LogP contribution in [0, 0.1) is 6.92 Å². The zero-order valence-corrected chi connectivity index (χ0v) is 12.3. The molecule has 0 saturated heterocycles. The van der Waals surface area contributed by atoms with E-state index in [1.165, 1.54) is 12.7 Å². The molecule has 23 heavy (non-hydrogen) atoms. The molecule has 0 unspecified atom stereocenters. The van der Waals surface area contributed by atoms with Crippen LogP contribution in [0.2, 0.25) is 0 Å². The molecule has 0 aliphatic rings. The van der Waals surface area contributed by atoms with Gasteiger partial charge in [-0.3, -0.25) is 4.79 Å². The Hall–Kier alpha value is -3.35. The second kappa shape index (κ2) is 5.13. The lowest BCUT2D eigenvalue weighted by Gasteiger charge is -2.05. The normalized spacial score (nSPS) is 11.0. The molecule has 7 heteroatoms. The fraction of sp³-hybridized carbons (Fsp3) is 0.0625. The Kier molecular flexibility index (Phi) is 2.97. The van der Waals surface area contributed by atoms with Crippen molar-refractivity contribution >= 4 is 10.9 Å². The number of H-pyrrole nitrogens is 1. The van der Waals surface area contributed by atoms with E-state index in [0.29, 0.717) is 22.4 Å². The minimum absolute atomic E-state index is 0.172. The summed E-state index contributed by atoms with van der Waals surface area (Å²) in [5, 5.41) is 4.77. The Labute approximate surface area is 130 Å². The van der Waals surface area contributed by atoms with Gasteiger partial charge < -0.3 is 4.98 Å². The number of fused-ring (bicyclic) bond motifs is 1. The van der Waals surface area contributed by atoms with Crippen molar-refractivity contribution in [2.75, 3.05) is 0 Å². The second-order valence-corrected chi connectivity index (χ2v) is 5.19. The van der Waals surface area contributed by atoms with Gasteiger partial charge in [0, 0.05) is 17.8 Å². The van der Waals surface area contributed by atoms with Gasteiger partial charge in [0.2, 0.25) is 0 Å². The average molecular weight is 304 g/mol. The predicted octanol–water partition coefficient (Wildman–Crippen LogP) is 1.87. The number of aryl methyl sites for hydroxylation is 1. The van der Waals surface area contributed by atoms with Crippen LogP contribution in [0.3, 0.4) is 0 Å². The molecule has 4 aromatic rings.